The Morgan fingerprint density at radius 1 is 1.05 bits per heavy atom. The second-order valence-electron chi connectivity index (χ2n) is 8.66. The molecule has 4 rings (SSSR count). The predicted octanol–water partition coefficient (Wildman–Crippen LogP) is 4.91. The first-order valence-corrected chi connectivity index (χ1v) is 13.5. The Kier molecular flexibility index (Phi) is 8.95. The number of rotatable bonds is 10. The number of thioether (sulfide) groups is 1. The van der Waals surface area contributed by atoms with E-state index in [0.717, 1.165) is 22.6 Å². The molecule has 1 N–H and O–H groups in total. The average Bonchev–Trinajstić information content (AvgIpc) is 2.93. The van der Waals surface area contributed by atoms with Crippen LogP contribution in [0, 0.1) is 6.92 Å². The molecule has 3 aromatic carbocycles. The van der Waals surface area contributed by atoms with Gasteiger partial charge in [0.15, 0.2) is 17.6 Å². The van der Waals surface area contributed by atoms with Crippen LogP contribution in [0.1, 0.15) is 22.3 Å². The third-order valence-electron chi connectivity index (χ3n) is 6.08. The number of benzene rings is 3. The number of carbonyl (C=O) groups is 2. The van der Waals surface area contributed by atoms with E-state index in [-0.39, 0.29) is 18.6 Å². The van der Waals surface area contributed by atoms with E-state index in [1.165, 1.54) is 7.11 Å². The van der Waals surface area contributed by atoms with E-state index >= 15 is 0 Å². The SMILES string of the molecule is COC(=O)[C@H](CCSC)NC(=O)c1ccc(OC[C@@H]2COc3ccccc3O2)cc1-c1ccccc1C. The van der Waals surface area contributed by atoms with Crippen LogP contribution in [-0.2, 0) is 9.53 Å². The maximum absolute atomic E-state index is 13.4. The molecule has 0 radical (unpaired) electrons. The second kappa shape index (κ2) is 12.5. The van der Waals surface area contributed by atoms with Crippen LogP contribution in [0.3, 0.4) is 0 Å². The van der Waals surface area contributed by atoms with E-state index in [4.69, 9.17) is 18.9 Å². The highest BCUT2D eigenvalue weighted by atomic mass is 32.2. The van der Waals surface area contributed by atoms with Gasteiger partial charge < -0.3 is 24.3 Å². The monoisotopic (exact) mass is 521 g/mol. The first-order chi connectivity index (χ1) is 18.0. The summed E-state index contributed by atoms with van der Waals surface area (Å²) in [5.41, 5.74) is 3.09. The molecule has 1 aliphatic rings. The molecule has 7 nitrogen and oxygen atoms in total. The molecule has 0 saturated carbocycles. The summed E-state index contributed by atoms with van der Waals surface area (Å²) in [6, 6.07) is 20.0. The molecule has 194 valence electrons. The van der Waals surface area contributed by atoms with Gasteiger partial charge in [0.2, 0.25) is 0 Å². The standard InChI is InChI=1S/C29H31NO6S/c1-19-8-4-5-9-22(19)24-16-20(34-17-21-18-35-26-10-6-7-11-27(26)36-21)12-13-23(24)28(31)30-25(14-15-37-3)29(32)33-2/h4-13,16,21,25H,14-15,17-18H2,1-3H3,(H,30,31)/t21-,25+/m1/s1. The molecule has 0 bridgehead atoms. The Hall–Kier alpha value is -3.65. The molecule has 2 atom stereocenters. The fraction of sp³-hybridized carbons (Fsp3) is 0.310. The van der Waals surface area contributed by atoms with Crippen molar-refractivity contribution in [3.05, 3.63) is 77.9 Å². The smallest absolute Gasteiger partial charge is 0.328 e. The fourth-order valence-corrected chi connectivity index (χ4v) is 4.58. The first kappa shape index (κ1) is 26.4. The van der Waals surface area contributed by atoms with Gasteiger partial charge >= 0.3 is 5.97 Å². The average molecular weight is 522 g/mol. The van der Waals surface area contributed by atoms with Crippen LogP contribution in [0.4, 0.5) is 0 Å². The van der Waals surface area contributed by atoms with Gasteiger partial charge in [-0.3, -0.25) is 4.79 Å². The number of nitrogens with one attached hydrogen (secondary N) is 1. The number of methoxy groups -OCH3 is 1. The minimum atomic E-state index is -0.725. The van der Waals surface area contributed by atoms with Crippen LogP contribution in [-0.4, -0.2) is 56.4 Å². The molecule has 0 spiro atoms. The molecule has 8 heteroatoms. The molecule has 0 aliphatic carbocycles. The molecular formula is C29H31NO6S. The van der Waals surface area contributed by atoms with E-state index in [1.54, 1.807) is 23.9 Å². The van der Waals surface area contributed by atoms with E-state index in [0.29, 0.717) is 35.7 Å². The lowest BCUT2D eigenvalue weighted by molar-refractivity contribution is -0.142. The maximum atomic E-state index is 13.4. The summed E-state index contributed by atoms with van der Waals surface area (Å²) in [5, 5.41) is 2.86. The van der Waals surface area contributed by atoms with Gasteiger partial charge in [0.05, 0.1) is 7.11 Å². The lowest BCUT2D eigenvalue weighted by Crippen LogP contribution is -2.42. The van der Waals surface area contributed by atoms with Crippen molar-refractivity contribution >= 4 is 23.6 Å². The summed E-state index contributed by atoms with van der Waals surface area (Å²) >= 11 is 1.60. The van der Waals surface area contributed by atoms with Crippen LogP contribution in [0.5, 0.6) is 17.2 Å². The molecule has 1 aliphatic heterocycles. The summed E-state index contributed by atoms with van der Waals surface area (Å²) in [4.78, 5) is 25.6. The highest BCUT2D eigenvalue weighted by Crippen LogP contribution is 2.33. The third kappa shape index (κ3) is 6.57. The van der Waals surface area contributed by atoms with Crippen LogP contribution >= 0.6 is 11.8 Å². The number of amides is 1. The number of ether oxygens (including phenoxy) is 4. The van der Waals surface area contributed by atoms with E-state index < -0.39 is 12.0 Å². The molecular weight excluding hydrogens is 490 g/mol. The predicted molar refractivity (Wildman–Crippen MR) is 145 cm³/mol. The Labute approximate surface area is 221 Å². The first-order valence-electron chi connectivity index (χ1n) is 12.1. The molecule has 3 aromatic rings. The number of hydrogen-bond donors (Lipinski definition) is 1. The summed E-state index contributed by atoms with van der Waals surface area (Å²) in [6.07, 6.45) is 2.17. The largest absolute Gasteiger partial charge is 0.490 e. The molecule has 37 heavy (non-hydrogen) atoms. The van der Waals surface area contributed by atoms with E-state index in [2.05, 4.69) is 5.32 Å². The van der Waals surface area contributed by atoms with Crippen LogP contribution in [0.2, 0.25) is 0 Å². The topological polar surface area (TPSA) is 83.1 Å². The summed E-state index contributed by atoms with van der Waals surface area (Å²) < 4.78 is 22.8. The fourth-order valence-electron chi connectivity index (χ4n) is 4.11. The Morgan fingerprint density at radius 2 is 1.81 bits per heavy atom. The number of aryl methyl sites for hydroxylation is 1. The number of hydrogen-bond acceptors (Lipinski definition) is 7. The van der Waals surface area contributed by atoms with Crippen molar-refractivity contribution in [2.24, 2.45) is 0 Å². The molecule has 1 amide bonds. The zero-order chi connectivity index (χ0) is 26.2. The Bertz CT molecular complexity index is 1250. The highest BCUT2D eigenvalue weighted by molar-refractivity contribution is 7.98. The molecule has 0 aromatic heterocycles. The summed E-state index contributed by atoms with van der Waals surface area (Å²) in [7, 11) is 1.32. The highest BCUT2D eigenvalue weighted by Gasteiger charge is 2.25. The number of carbonyl (C=O) groups excluding carboxylic acids is 2. The van der Waals surface area contributed by atoms with Gasteiger partial charge in [-0.15, -0.1) is 0 Å². The molecule has 0 fully saturated rings. The van der Waals surface area contributed by atoms with Gasteiger partial charge in [-0.25, -0.2) is 4.79 Å². The minimum absolute atomic E-state index is 0.267. The summed E-state index contributed by atoms with van der Waals surface area (Å²) in [5.74, 6) is 1.92. The minimum Gasteiger partial charge on any atom is -0.490 e. The van der Waals surface area contributed by atoms with E-state index in [1.807, 2.05) is 67.8 Å². The van der Waals surface area contributed by atoms with E-state index in [9.17, 15) is 9.59 Å². The second-order valence-corrected chi connectivity index (χ2v) is 9.65. The van der Waals surface area contributed by atoms with Crippen molar-refractivity contribution in [1.29, 1.82) is 0 Å². The van der Waals surface area contributed by atoms with Gasteiger partial charge in [0.1, 0.15) is 25.0 Å². The zero-order valence-corrected chi connectivity index (χ0v) is 22.0. The van der Waals surface area contributed by atoms with Crippen molar-refractivity contribution in [3.63, 3.8) is 0 Å². The van der Waals surface area contributed by atoms with Crippen molar-refractivity contribution in [2.75, 3.05) is 32.3 Å². The van der Waals surface area contributed by atoms with Crippen molar-refractivity contribution in [3.8, 4) is 28.4 Å². The van der Waals surface area contributed by atoms with Gasteiger partial charge in [-0.1, -0.05) is 36.4 Å². The zero-order valence-electron chi connectivity index (χ0n) is 21.2. The molecule has 0 unspecified atom stereocenters. The van der Waals surface area contributed by atoms with Gasteiger partial charge in [0, 0.05) is 5.56 Å². The lowest BCUT2D eigenvalue weighted by Gasteiger charge is -2.26. The number of esters is 1. The quantitative estimate of drug-likeness (QED) is 0.380. The number of fused-ring (bicyclic) bond motifs is 1. The number of para-hydroxylation sites is 2. The Balaban J connectivity index is 1.56. The maximum Gasteiger partial charge on any atom is 0.328 e. The van der Waals surface area contributed by atoms with Crippen molar-refractivity contribution < 1.29 is 28.5 Å². The molecule has 0 saturated heterocycles. The third-order valence-corrected chi connectivity index (χ3v) is 6.72. The normalized spacial score (nSPS) is 14.9. The van der Waals surface area contributed by atoms with Gasteiger partial charge in [-0.05, 0) is 72.4 Å². The van der Waals surface area contributed by atoms with Gasteiger partial charge in [-0.2, -0.15) is 11.8 Å². The molecule has 1 heterocycles. The van der Waals surface area contributed by atoms with Crippen LogP contribution < -0.4 is 19.5 Å². The Morgan fingerprint density at radius 3 is 2.57 bits per heavy atom. The lowest BCUT2D eigenvalue weighted by atomic mass is 9.95. The van der Waals surface area contributed by atoms with Crippen LogP contribution in [0.15, 0.2) is 66.7 Å². The van der Waals surface area contributed by atoms with Crippen LogP contribution in [0.25, 0.3) is 11.1 Å². The van der Waals surface area contributed by atoms with Crippen molar-refractivity contribution in [1.82, 2.24) is 5.32 Å². The van der Waals surface area contributed by atoms with Gasteiger partial charge in [0.25, 0.3) is 5.91 Å². The summed E-state index contributed by atoms with van der Waals surface area (Å²) in [6.45, 7) is 2.66. The van der Waals surface area contributed by atoms with Crippen molar-refractivity contribution in [2.45, 2.75) is 25.5 Å².